The smallest absolute Gasteiger partial charge is 0.0234 e. The van der Waals surface area contributed by atoms with Gasteiger partial charge in [0.2, 0.25) is 0 Å². The van der Waals surface area contributed by atoms with E-state index in [0.717, 1.165) is 18.3 Å². The van der Waals surface area contributed by atoms with Crippen LogP contribution < -0.4 is 0 Å². The minimum absolute atomic E-state index is 0.818. The summed E-state index contributed by atoms with van der Waals surface area (Å²) >= 11 is 0. The van der Waals surface area contributed by atoms with Gasteiger partial charge < -0.3 is 0 Å². The average Bonchev–Trinajstić information content (AvgIpc) is 2.66. The van der Waals surface area contributed by atoms with Gasteiger partial charge >= 0.3 is 0 Å². The lowest BCUT2D eigenvalue weighted by atomic mass is 10.1. The summed E-state index contributed by atoms with van der Waals surface area (Å²) in [7, 11) is 0. The quantitative estimate of drug-likeness (QED) is 0.447. The van der Waals surface area contributed by atoms with Crippen LogP contribution in [0.25, 0.3) is 0 Å². The maximum atomic E-state index is 3.35. The Hall–Kier alpha value is -0.440. The van der Waals surface area contributed by atoms with E-state index in [4.69, 9.17) is 0 Å². The van der Waals surface area contributed by atoms with Crippen molar-refractivity contribution in [2.45, 2.75) is 38.5 Å². The van der Waals surface area contributed by atoms with Gasteiger partial charge in [-0.15, -0.1) is 5.92 Å². The largest absolute Gasteiger partial charge is 0.103 e. The van der Waals surface area contributed by atoms with E-state index in [2.05, 4.69) is 11.8 Å². The zero-order valence-corrected chi connectivity index (χ0v) is 6.40. The second-order valence-corrected chi connectivity index (χ2v) is 3.52. The Morgan fingerprint density at radius 2 is 2.10 bits per heavy atom. The van der Waals surface area contributed by atoms with E-state index in [-0.39, 0.29) is 0 Å². The molecule has 1 fully saturated rings. The lowest BCUT2D eigenvalue weighted by molar-refractivity contribution is 0.602. The van der Waals surface area contributed by atoms with Crippen molar-refractivity contribution in [3.63, 3.8) is 0 Å². The molecule has 10 heavy (non-hydrogen) atoms. The first kappa shape index (κ1) is 6.28. The topological polar surface area (TPSA) is 0 Å². The first-order chi connectivity index (χ1) is 4.97. The van der Waals surface area contributed by atoms with Crippen LogP contribution in [0.3, 0.4) is 0 Å². The van der Waals surface area contributed by atoms with Gasteiger partial charge in [0, 0.05) is 12.3 Å². The Morgan fingerprint density at radius 3 is 3.10 bits per heavy atom. The maximum Gasteiger partial charge on any atom is 0.0234 e. The molecule has 2 aliphatic rings. The van der Waals surface area contributed by atoms with E-state index in [0.29, 0.717) is 0 Å². The maximum absolute atomic E-state index is 3.35. The number of fused-ring (bicyclic) bond motifs is 1. The molecular formula is C10H14. The lowest BCUT2D eigenvalue weighted by Gasteiger charge is -1.94. The fourth-order valence-electron chi connectivity index (χ4n) is 1.74. The van der Waals surface area contributed by atoms with Gasteiger partial charge in [-0.3, -0.25) is 0 Å². The molecule has 0 spiro atoms. The Morgan fingerprint density at radius 1 is 1.10 bits per heavy atom. The highest BCUT2D eigenvalue weighted by Crippen LogP contribution is 2.42. The first-order valence-electron chi connectivity index (χ1n) is 4.45. The second-order valence-electron chi connectivity index (χ2n) is 3.52. The van der Waals surface area contributed by atoms with Crippen LogP contribution >= 0.6 is 0 Å². The minimum Gasteiger partial charge on any atom is -0.103 e. The van der Waals surface area contributed by atoms with Gasteiger partial charge in [-0.1, -0.05) is 18.8 Å². The fraction of sp³-hybridized carbons (Fsp3) is 0.800. The van der Waals surface area contributed by atoms with Gasteiger partial charge in [0.25, 0.3) is 0 Å². The van der Waals surface area contributed by atoms with Gasteiger partial charge in [0.15, 0.2) is 0 Å². The molecule has 0 heterocycles. The van der Waals surface area contributed by atoms with Crippen molar-refractivity contribution in [2.75, 3.05) is 0 Å². The second kappa shape index (κ2) is 2.66. The summed E-state index contributed by atoms with van der Waals surface area (Å²) in [6, 6.07) is 0. The molecule has 54 valence electrons. The fourth-order valence-corrected chi connectivity index (χ4v) is 1.74. The number of hydrogen-bond donors (Lipinski definition) is 0. The van der Waals surface area contributed by atoms with E-state index in [1.165, 1.54) is 32.1 Å². The van der Waals surface area contributed by atoms with Crippen LogP contribution in [-0.2, 0) is 0 Å². The van der Waals surface area contributed by atoms with E-state index < -0.39 is 0 Å². The van der Waals surface area contributed by atoms with Crippen LogP contribution in [0.1, 0.15) is 38.5 Å². The monoisotopic (exact) mass is 134 g/mol. The summed E-state index contributed by atoms with van der Waals surface area (Å²) in [5.41, 5.74) is 0. The third-order valence-electron chi connectivity index (χ3n) is 2.59. The van der Waals surface area contributed by atoms with E-state index >= 15 is 0 Å². The summed E-state index contributed by atoms with van der Waals surface area (Å²) in [6.45, 7) is 0. The summed E-state index contributed by atoms with van der Waals surface area (Å²) in [5.74, 6) is 8.44. The van der Waals surface area contributed by atoms with Crippen LogP contribution in [0.15, 0.2) is 0 Å². The van der Waals surface area contributed by atoms with Gasteiger partial charge in [-0.05, 0) is 25.2 Å². The molecule has 0 saturated heterocycles. The standard InChI is InChI=1S/C10H14/c1-2-4-6-9-8-10(9)7-5-3-1/h9-10H,1-4,6,8H2/t9-,10+/m0/s1. The highest BCUT2D eigenvalue weighted by Gasteiger charge is 2.34. The van der Waals surface area contributed by atoms with Crippen molar-refractivity contribution in [3.05, 3.63) is 0 Å². The molecule has 1 saturated carbocycles. The van der Waals surface area contributed by atoms with Crippen molar-refractivity contribution in [1.29, 1.82) is 0 Å². The molecule has 0 unspecified atom stereocenters. The zero-order chi connectivity index (χ0) is 6.81. The Kier molecular flexibility index (Phi) is 1.67. The lowest BCUT2D eigenvalue weighted by Crippen LogP contribution is -1.79. The Bertz CT molecular complexity index is 170. The normalized spacial score (nSPS) is 37.6. The molecule has 0 aromatic carbocycles. The SMILES string of the molecule is C1#C[C@@H]2C[C@@H]2CCCCC1. The minimum atomic E-state index is 0.818. The van der Waals surface area contributed by atoms with Gasteiger partial charge in [0.05, 0.1) is 0 Å². The number of hydrogen-bond acceptors (Lipinski definition) is 0. The van der Waals surface area contributed by atoms with Crippen molar-refractivity contribution >= 4 is 0 Å². The van der Waals surface area contributed by atoms with E-state index in [1.54, 1.807) is 0 Å². The number of rotatable bonds is 0. The molecule has 0 aliphatic heterocycles. The molecule has 0 aromatic rings. The van der Waals surface area contributed by atoms with Crippen molar-refractivity contribution in [3.8, 4) is 11.8 Å². The summed E-state index contributed by atoms with van der Waals surface area (Å²) in [4.78, 5) is 0. The predicted octanol–water partition coefficient (Wildman–Crippen LogP) is 2.59. The van der Waals surface area contributed by atoms with Crippen LogP contribution in [0.2, 0.25) is 0 Å². The first-order valence-corrected chi connectivity index (χ1v) is 4.45. The molecule has 0 radical (unpaired) electrons. The molecule has 0 nitrogen and oxygen atoms in total. The molecule has 0 heteroatoms. The third kappa shape index (κ3) is 1.34. The zero-order valence-electron chi connectivity index (χ0n) is 6.40. The van der Waals surface area contributed by atoms with Gasteiger partial charge in [-0.2, -0.15) is 0 Å². The summed E-state index contributed by atoms with van der Waals surface area (Å²) in [6.07, 6.45) is 8.23. The highest BCUT2D eigenvalue weighted by molar-refractivity contribution is 5.13. The molecule has 0 amide bonds. The van der Waals surface area contributed by atoms with Crippen molar-refractivity contribution in [2.24, 2.45) is 11.8 Å². The van der Waals surface area contributed by atoms with Gasteiger partial charge in [0.1, 0.15) is 0 Å². The predicted molar refractivity (Wildman–Crippen MR) is 42.5 cm³/mol. The average molecular weight is 134 g/mol. The van der Waals surface area contributed by atoms with E-state index in [9.17, 15) is 0 Å². The summed E-state index contributed by atoms with van der Waals surface area (Å²) < 4.78 is 0. The molecule has 2 atom stereocenters. The van der Waals surface area contributed by atoms with Gasteiger partial charge in [-0.25, -0.2) is 0 Å². The summed E-state index contributed by atoms with van der Waals surface area (Å²) in [5, 5.41) is 0. The van der Waals surface area contributed by atoms with Crippen LogP contribution in [-0.4, -0.2) is 0 Å². The van der Waals surface area contributed by atoms with Crippen LogP contribution in [0, 0.1) is 23.7 Å². The third-order valence-corrected chi connectivity index (χ3v) is 2.59. The van der Waals surface area contributed by atoms with Crippen molar-refractivity contribution in [1.82, 2.24) is 0 Å². The Labute approximate surface area is 63.0 Å². The van der Waals surface area contributed by atoms with Crippen LogP contribution in [0.4, 0.5) is 0 Å². The molecule has 0 bridgehead atoms. The molecule has 2 aliphatic carbocycles. The molecule has 2 rings (SSSR count). The molecule has 0 aromatic heterocycles. The van der Waals surface area contributed by atoms with E-state index in [1.807, 2.05) is 0 Å². The Balaban J connectivity index is 1.92. The van der Waals surface area contributed by atoms with Crippen LogP contribution in [0.5, 0.6) is 0 Å². The van der Waals surface area contributed by atoms with Crippen molar-refractivity contribution < 1.29 is 0 Å². The molecular weight excluding hydrogens is 120 g/mol. The molecule has 0 N–H and O–H groups in total. The highest BCUT2D eigenvalue weighted by atomic mass is 14.4.